The molecule has 1 aromatic carbocycles. The first-order valence-corrected chi connectivity index (χ1v) is 7.19. The molecule has 0 heterocycles. The SMILES string of the molecule is CCCOc1cccc(C(=O)NC(C(N)=S)C(C)C)c1. The van der Waals surface area contributed by atoms with Crippen molar-refractivity contribution in [3.63, 3.8) is 0 Å². The van der Waals surface area contributed by atoms with Gasteiger partial charge in [0, 0.05) is 5.56 Å². The summed E-state index contributed by atoms with van der Waals surface area (Å²) in [7, 11) is 0. The second-order valence-corrected chi connectivity index (χ2v) is 5.45. The summed E-state index contributed by atoms with van der Waals surface area (Å²) >= 11 is 4.98. The quantitative estimate of drug-likeness (QED) is 0.758. The molecule has 5 heteroatoms. The molecule has 0 aliphatic carbocycles. The maximum Gasteiger partial charge on any atom is 0.251 e. The summed E-state index contributed by atoms with van der Waals surface area (Å²) in [6.07, 6.45) is 0.924. The molecule has 3 N–H and O–H groups in total. The number of hydrogen-bond donors (Lipinski definition) is 2. The molecular weight excluding hydrogens is 272 g/mol. The lowest BCUT2D eigenvalue weighted by Gasteiger charge is -2.21. The zero-order valence-corrected chi connectivity index (χ0v) is 13.0. The molecule has 1 amide bonds. The third kappa shape index (κ3) is 4.81. The van der Waals surface area contributed by atoms with E-state index in [2.05, 4.69) is 5.32 Å². The topological polar surface area (TPSA) is 64.3 Å². The van der Waals surface area contributed by atoms with Gasteiger partial charge in [0.15, 0.2) is 0 Å². The molecule has 0 aliphatic rings. The highest BCUT2D eigenvalue weighted by Gasteiger charge is 2.19. The molecule has 0 saturated heterocycles. The van der Waals surface area contributed by atoms with Crippen molar-refractivity contribution in [2.24, 2.45) is 11.7 Å². The molecule has 0 fully saturated rings. The Hall–Kier alpha value is -1.62. The van der Waals surface area contributed by atoms with E-state index < -0.39 is 0 Å². The fourth-order valence-electron chi connectivity index (χ4n) is 1.74. The molecule has 110 valence electrons. The van der Waals surface area contributed by atoms with Gasteiger partial charge in [0.1, 0.15) is 5.75 Å². The smallest absolute Gasteiger partial charge is 0.251 e. The van der Waals surface area contributed by atoms with Crippen LogP contribution in [0.3, 0.4) is 0 Å². The van der Waals surface area contributed by atoms with Crippen molar-refractivity contribution in [1.29, 1.82) is 0 Å². The Morgan fingerprint density at radius 1 is 1.45 bits per heavy atom. The molecule has 1 rings (SSSR count). The van der Waals surface area contributed by atoms with Gasteiger partial charge in [-0.1, -0.05) is 39.1 Å². The van der Waals surface area contributed by atoms with Crippen LogP contribution in [-0.4, -0.2) is 23.5 Å². The molecule has 20 heavy (non-hydrogen) atoms. The number of ether oxygens (including phenoxy) is 1. The number of carbonyl (C=O) groups excluding carboxylic acids is 1. The highest BCUT2D eigenvalue weighted by molar-refractivity contribution is 7.80. The van der Waals surface area contributed by atoms with Crippen molar-refractivity contribution in [1.82, 2.24) is 5.32 Å². The highest BCUT2D eigenvalue weighted by Crippen LogP contribution is 2.14. The van der Waals surface area contributed by atoms with Crippen LogP contribution in [0.25, 0.3) is 0 Å². The van der Waals surface area contributed by atoms with Gasteiger partial charge in [0.05, 0.1) is 17.6 Å². The first kappa shape index (κ1) is 16.4. The normalized spacial score (nSPS) is 12.0. The summed E-state index contributed by atoms with van der Waals surface area (Å²) in [5, 5.41) is 2.85. The Morgan fingerprint density at radius 3 is 2.70 bits per heavy atom. The van der Waals surface area contributed by atoms with E-state index in [1.165, 1.54) is 0 Å². The Balaban J connectivity index is 2.78. The molecule has 1 unspecified atom stereocenters. The third-order valence-corrected chi connectivity index (χ3v) is 3.08. The predicted octanol–water partition coefficient (Wildman–Crippen LogP) is 2.52. The van der Waals surface area contributed by atoms with Crippen molar-refractivity contribution < 1.29 is 9.53 Å². The molecule has 0 radical (unpaired) electrons. The van der Waals surface area contributed by atoms with Crippen molar-refractivity contribution in [3.8, 4) is 5.75 Å². The summed E-state index contributed by atoms with van der Waals surface area (Å²) in [6.45, 7) is 6.59. The van der Waals surface area contributed by atoms with Crippen molar-refractivity contribution in [2.45, 2.75) is 33.2 Å². The number of thiocarbonyl (C=S) groups is 1. The van der Waals surface area contributed by atoms with Crippen LogP contribution in [0.1, 0.15) is 37.6 Å². The van der Waals surface area contributed by atoms with Gasteiger partial charge in [0.2, 0.25) is 0 Å². The van der Waals surface area contributed by atoms with Crippen LogP contribution >= 0.6 is 12.2 Å². The number of carbonyl (C=O) groups is 1. The highest BCUT2D eigenvalue weighted by atomic mass is 32.1. The van der Waals surface area contributed by atoms with Gasteiger partial charge < -0.3 is 15.8 Å². The van der Waals surface area contributed by atoms with Gasteiger partial charge in [-0.2, -0.15) is 0 Å². The van der Waals surface area contributed by atoms with E-state index in [9.17, 15) is 4.79 Å². The number of rotatable bonds is 7. The van der Waals surface area contributed by atoms with E-state index in [4.69, 9.17) is 22.7 Å². The van der Waals surface area contributed by atoms with E-state index in [-0.39, 0.29) is 17.9 Å². The van der Waals surface area contributed by atoms with Gasteiger partial charge in [-0.15, -0.1) is 0 Å². The van der Waals surface area contributed by atoms with Crippen LogP contribution < -0.4 is 15.8 Å². The van der Waals surface area contributed by atoms with Gasteiger partial charge in [-0.05, 0) is 30.5 Å². The second-order valence-electron chi connectivity index (χ2n) is 4.97. The lowest BCUT2D eigenvalue weighted by molar-refractivity contribution is 0.0939. The van der Waals surface area contributed by atoms with E-state index >= 15 is 0 Å². The number of benzene rings is 1. The fourth-order valence-corrected chi connectivity index (χ4v) is 2.07. The van der Waals surface area contributed by atoms with Crippen LogP contribution in [0.4, 0.5) is 0 Å². The fraction of sp³-hybridized carbons (Fsp3) is 0.467. The van der Waals surface area contributed by atoms with Gasteiger partial charge in [-0.3, -0.25) is 4.79 Å². The van der Waals surface area contributed by atoms with E-state index in [1.807, 2.05) is 26.8 Å². The number of nitrogens with two attached hydrogens (primary N) is 1. The van der Waals surface area contributed by atoms with E-state index in [0.29, 0.717) is 22.9 Å². The Bertz CT molecular complexity index is 475. The van der Waals surface area contributed by atoms with Gasteiger partial charge >= 0.3 is 0 Å². The maximum absolute atomic E-state index is 12.2. The summed E-state index contributed by atoms with van der Waals surface area (Å²) < 4.78 is 5.52. The molecule has 0 spiro atoms. The minimum atomic E-state index is -0.308. The van der Waals surface area contributed by atoms with Crippen molar-refractivity contribution in [3.05, 3.63) is 29.8 Å². The zero-order valence-electron chi connectivity index (χ0n) is 12.2. The summed E-state index contributed by atoms with van der Waals surface area (Å²) in [5.74, 6) is 0.644. The Kier molecular flexibility index (Phi) is 6.45. The van der Waals surface area contributed by atoms with E-state index in [1.54, 1.807) is 18.2 Å². The monoisotopic (exact) mass is 294 g/mol. The van der Waals surface area contributed by atoms with Gasteiger partial charge in [-0.25, -0.2) is 0 Å². The van der Waals surface area contributed by atoms with Crippen LogP contribution in [0.2, 0.25) is 0 Å². The molecular formula is C15H22N2O2S. The number of nitrogens with one attached hydrogen (secondary N) is 1. The minimum Gasteiger partial charge on any atom is -0.494 e. The zero-order chi connectivity index (χ0) is 15.1. The summed E-state index contributed by atoms with van der Waals surface area (Å²) in [4.78, 5) is 12.5. The molecule has 1 aromatic rings. The Labute approximate surface area is 125 Å². The largest absolute Gasteiger partial charge is 0.494 e. The van der Waals surface area contributed by atoms with Crippen molar-refractivity contribution >= 4 is 23.1 Å². The average Bonchev–Trinajstić information content (AvgIpc) is 2.41. The first-order valence-electron chi connectivity index (χ1n) is 6.78. The molecule has 1 atom stereocenters. The minimum absolute atomic E-state index is 0.149. The Morgan fingerprint density at radius 2 is 2.15 bits per heavy atom. The summed E-state index contributed by atoms with van der Waals surface area (Å²) in [5.41, 5.74) is 6.19. The number of hydrogen-bond acceptors (Lipinski definition) is 3. The lowest BCUT2D eigenvalue weighted by atomic mass is 10.0. The molecule has 0 bridgehead atoms. The van der Waals surface area contributed by atoms with Crippen LogP contribution in [0.15, 0.2) is 24.3 Å². The average molecular weight is 294 g/mol. The van der Waals surface area contributed by atoms with Crippen molar-refractivity contribution in [2.75, 3.05) is 6.61 Å². The molecule has 0 aliphatic heterocycles. The van der Waals surface area contributed by atoms with Crippen LogP contribution in [0.5, 0.6) is 5.75 Å². The second kappa shape index (κ2) is 7.85. The molecule has 0 aromatic heterocycles. The first-order chi connectivity index (χ1) is 9.45. The number of amides is 1. The van der Waals surface area contributed by atoms with Crippen LogP contribution in [0, 0.1) is 5.92 Å². The van der Waals surface area contributed by atoms with Gasteiger partial charge in [0.25, 0.3) is 5.91 Å². The standard InChI is InChI=1S/C15H22N2O2S/c1-4-8-19-12-7-5-6-11(9-12)15(18)17-13(10(2)3)14(16)20/h5-7,9-10,13H,4,8H2,1-3H3,(H2,16,20)(H,17,18). The van der Waals surface area contributed by atoms with E-state index in [0.717, 1.165) is 6.42 Å². The third-order valence-electron chi connectivity index (χ3n) is 2.83. The predicted molar refractivity (Wildman–Crippen MR) is 85.1 cm³/mol. The molecule has 0 saturated carbocycles. The summed E-state index contributed by atoms with van der Waals surface area (Å²) in [6, 6.07) is 6.79. The van der Waals surface area contributed by atoms with Crippen LogP contribution in [-0.2, 0) is 0 Å². The lowest BCUT2D eigenvalue weighted by Crippen LogP contribution is -2.46. The molecule has 4 nitrogen and oxygen atoms in total. The maximum atomic E-state index is 12.2.